The van der Waals surface area contributed by atoms with Crippen LogP contribution in [0.5, 0.6) is 0 Å². The Morgan fingerprint density at radius 2 is 2.27 bits per heavy atom. The molecule has 66 valence electrons. The number of carbonyl (C=O) groups is 1. The molecule has 1 N–H and O–H groups in total. The van der Waals surface area contributed by atoms with Crippen LogP contribution < -0.4 is 5.43 Å². The van der Waals surface area contributed by atoms with Gasteiger partial charge in [-0.3, -0.25) is 15.2 Å². The zero-order valence-corrected chi connectivity index (χ0v) is 8.51. The van der Waals surface area contributed by atoms with Gasteiger partial charge in [0, 0.05) is 20.6 Å². The lowest BCUT2D eigenvalue weighted by atomic mass is 10.4. The van der Waals surface area contributed by atoms with Gasteiger partial charge in [-0.15, -0.1) is 0 Å². The predicted octanol–water partition coefficient (Wildman–Crippen LogP) is -0.0109. The van der Waals surface area contributed by atoms with Crippen LogP contribution in [0.4, 0.5) is 0 Å². The number of carbonyl (C=O) groups excluding carboxylic acids is 1. The van der Waals surface area contributed by atoms with Gasteiger partial charge in [0.25, 0.3) is 0 Å². The Morgan fingerprint density at radius 3 is 2.64 bits per heavy atom. The van der Waals surface area contributed by atoms with Crippen LogP contribution in [0, 0.1) is 0 Å². The number of halogens is 1. The summed E-state index contributed by atoms with van der Waals surface area (Å²) in [6.07, 6.45) is 0. The van der Waals surface area contributed by atoms with E-state index in [2.05, 4.69) is 26.1 Å². The van der Waals surface area contributed by atoms with Gasteiger partial charge >= 0.3 is 5.97 Å². The van der Waals surface area contributed by atoms with Crippen LogP contribution in [0.3, 0.4) is 0 Å². The Hall–Kier alpha value is -0.130. The number of hydrogen-bond acceptors (Lipinski definition) is 4. The topological polar surface area (TPSA) is 41.6 Å². The molecule has 0 aromatic heterocycles. The number of ether oxygens (including phenoxy) is 1. The van der Waals surface area contributed by atoms with E-state index in [1.54, 1.807) is 5.01 Å². The van der Waals surface area contributed by atoms with Crippen LogP contribution >= 0.6 is 15.9 Å². The van der Waals surface area contributed by atoms with Gasteiger partial charge in [0.15, 0.2) is 0 Å². The van der Waals surface area contributed by atoms with E-state index in [1.165, 1.54) is 7.11 Å². The largest absolute Gasteiger partial charge is 0.468 e. The minimum atomic E-state index is -0.283. The molecule has 0 bridgehead atoms. The van der Waals surface area contributed by atoms with Crippen molar-refractivity contribution in [1.82, 2.24) is 10.4 Å². The molecular weight excluding hydrogens is 212 g/mol. The van der Waals surface area contributed by atoms with Gasteiger partial charge in [0.05, 0.1) is 7.11 Å². The Kier molecular flexibility index (Phi) is 5.45. The monoisotopic (exact) mass is 224 g/mol. The van der Waals surface area contributed by atoms with E-state index in [-0.39, 0.29) is 10.8 Å². The number of esters is 1. The van der Waals surface area contributed by atoms with Gasteiger partial charge in [-0.05, 0) is 0 Å². The summed E-state index contributed by atoms with van der Waals surface area (Å²) in [7, 11) is 5.08. The predicted molar refractivity (Wildman–Crippen MR) is 46.4 cm³/mol. The third-order valence-electron chi connectivity index (χ3n) is 1.04. The minimum absolute atomic E-state index is 0.264. The van der Waals surface area contributed by atoms with Gasteiger partial charge in [-0.2, -0.15) is 0 Å². The van der Waals surface area contributed by atoms with Crippen LogP contribution in [-0.2, 0) is 9.53 Å². The first-order chi connectivity index (χ1) is 5.07. The maximum absolute atomic E-state index is 10.8. The number of nitrogens with one attached hydrogen (secondary N) is 1. The first-order valence-electron chi connectivity index (χ1n) is 3.20. The second-order valence-electron chi connectivity index (χ2n) is 2.25. The van der Waals surface area contributed by atoms with Crippen molar-refractivity contribution in [3.63, 3.8) is 0 Å². The van der Waals surface area contributed by atoms with E-state index in [1.807, 2.05) is 14.1 Å². The second kappa shape index (κ2) is 5.51. The third-order valence-corrected chi connectivity index (χ3v) is 1.74. The molecule has 0 rings (SSSR count). The summed E-state index contributed by atoms with van der Waals surface area (Å²) in [5, 5.41) is 1.78. The molecule has 1 unspecified atom stereocenters. The standard InChI is InChI=1S/C6H13BrN2O2/c1-9(2)8-4-5(7)6(10)11-3/h5,8H,4H2,1-3H3. The molecule has 0 aromatic carbocycles. The van der Waals surface area contributed by atoms with Crippen molar-refractivity contribution in [2.24, 2.45) is 0 Å². The van der Waals surface area contributed by atoms with Crippen molar-refractivity contribution in [3.05, 3.63) is 0 Å². The lowest BCUT2D eigenvalue weighted by Gasteiger charge is -2.13. The number of alkyl halides is 1. The van der Waals surface area contributed by atoms with Crippen LogP contribution in [0.15, 0.2) is 0 Å². The molecule has 5 heteroatoms. The number of rotatable bonds is 4. The number of hydrogen-bond donors (Lipinski definition) is 1. The summed E-state index contributed by atoms with van der Waals surface area (Å²) in [5.74, 6) is -0.264. The van der Waals surface area contributed by atoms with Crippen LogP contribution in [0.1, 0.15) is 0 Å². The Bertz CT molecular complexity index is 130. The maximum Gasteiger partial charge on any atom is 0.320 e. The highest BCUT2D eigenvalue weighted by Crippen LogP contribution is 1.99. The van der Waals surface area contributed by atoms with Crippen LogP contribution in [0.2, 0.25) is 0 Å². The average Bonchev–Trinajstić information content (AvgIpc) is 1.98. The zero-order chi connectivity index (χ0) is 8.85. The molecule has 4 nitrogen and oxygen atoms in total. The summed E-state index contributed by atoms with van der Waals surface area (Å²) in [6, 6.07) is 0. The molecule has 0 saturated carbocycles. The highest BCUT2D eigenvalue weighted by molar-refractivity contribution is 9.10. The van der Waals surface area contributed by atoms with Gasteiger partial charge in [-0.25, -0.2) is 0 Å². The van der Waals surface area contributed by atoms with Crippen molar-refractivity contribution in [2.75, 3.05) is 27.7 Å². The van der Waals surface area contributed by atoms with E-state index < -0.39 is 0 Å². The molecule has 1 atom stereocenters. The average molecular weight is 225 g/mol. The normalized spacial score (nSPS) is 13.2. The lowest BCUT2D eigenvalue weighted by Crippen LogP contribution is -2.37. The van der Waals surface area contributed by atoms with Crippen molar-refractivity contribution in [1.29, 1.82) is 0 Å². The molecule has 0 heterocycles. The number of nitrogens with zero attached hydrogens (tertiary/aromatic N) is 1. The summed E-state index contributed by atoms with van der Waals surface area (Å²) in [6.45, 7) is 0.527. The first-order valence-corrected chi connectivity index (χ1v) is 4.12. The van der Waals surface area contributed by atoms with Gasteiger partial charge in [-0.1, -0.05) is 15.9 Å². The summed E-state index contributed by atoms with van der Waals surface area (Å²) in [5.41, 5.74) is 2.95. The Labute approximate surface area is 75.0 Å². The zero-order valence-electron chi connectivity index (χ0n) is 6.93. The van der Waals surface area contributed by atoms with Crippen molar-refractivity contribution in [2.45, 2.75) is 4.83 Å². The number of hydrazine groups is 1. The van der Waals surface area contributed by atoms with Crippen molar-refractivity contribution >= 4 is 21.9 Å². The molecule has 0 aliphatic rings. The highest BCUT2D eigenvalue weighted by atomic mass is 79.9. The van der Waals surface area contributed by atoms with Crippen molar-refractivity contribution < 1.29 is 9.53 Å². The molecule has 0 aromatic rings. The van der Waals surface area contributed by atoms with E-state index in [0.29, 0.717) is 6.54 Å². The highest BCUT2D eigenvalue weighted by Gasteiger charge is 2.14. The summed E-state index contributed by atoms with van der Waals surface area (Å²) < 4.78 is 4.50. The third kappa shape index (κ3) is 5.17. The molecule has 0 radical (unpaired) electrons. The molecular formula is C6H13BrN2O2. The van der Waals surface area contributed by atoms with Crippen molar-refractivity contribution in [3.8, 4) is 0 Å². The fraction of sp³-hybridized carbons (Fsp3) is 0.833. The number of methoxy groups -OCH3 is 1. The molecule has 11 heavy (non-hydrogen) atoms. The smallest absolute Gasteiger partial charge is 0.320 e. The molecule has 0 saturated heterocycles. The molecule has 0 aliphatic heterocycles. The molecule has 0 fully saturated rings. The SMILES string of the molecule is COC(=O)C(Br)CNN(C)C. The quantitative estimate of drug-likeness (QED) is 0.415. The van der Waals surface area contributed by atoms with E-state index in [9.17, 15) is 4.79 Å². The fourth-order valence-corrected chi connectivity index (χ4v) is 0.806. The van der Waals surface area contributed by atoms with Gasteiger partial charge in [0.2, 0.25) is 0 Å². The van der Waals surface area contributed by atoms with E-state index in [4.69, 9.17) is 0 Å². The van der Waals surface area contributed by atoms with E-state index in [0.717, 1.165) is 0 Å². The Balaban J connectivity index is 3.52. The minimum Gasteiger partial charge on any atom is -0.468 e. The molecule has 0 aliphatic carbocycles. The van der Waals surface area contributed by atoms with Gasteiger partial charge in [0.1, 0.15) is 4.83 Å². The van der Waals surface area contributed by atoms with Gasteiger partial charge < -0.3 is 4.74 Å². The van der Waals surface area contributed by atoms with Crippen LogP contribution in [0.25, 0.3) is 0 Å². The van der Waals surface area contributed by atoms with Crippen LogP contribution in [-0.4, -0.2) is 43.6 Å². The van der Waals surface area contributed by atoms with E-state index >= 15 is 0 Å². The molecule has 0 spiro atoms. The summed E-state index contributed by atoms with van der Waals surface area (Å²) >= 11 is 3.17. The maximum atomic E-state index is 10.8. The summed E-state index contributed by atoms with van der Waals surface area (Å²) in [4.78, 5) is 10.5. The first kappa shape index (κ1) is 10.9. The second-order valence-corrected chi connectivity index (χ2v) is 3.35. The Morgan fingerprint density at radius 1 is 1.73 bits per heavy atom. The lowest BCUT2D eigenvalue weighted by molar-refractivity contribution is -0.139. The fourth-order valence-electron chi connectivity index (χ4n) is 0.474. The molecule has 0 amide bonds.